The van der Waals surface area contributed by atoms with Crippen LogP contribution >= 0.6 is 0 Å². The molecule has 20 heavy (non-hydrogen) atoms. The molecule has 0 saturated carbocycles. The number of hydrogen-bond donors (Lipinski definition) is 3. The lowest BCUT2D eigenvalue weighted by Crippen LogP contribution is -2.44. The van der Waals surface area contributed by atoms with Crippen LogP contribution in [0.1, 0.15) is 27.7 Å². The topological polar surface area (TPSA) is 75.1 Å². The highest BCUT2D eigenvalue weighted by Crippen LogP contribution is 1.95. The molecule has 0 saturated heterocycles. The van der Waals surface area contributed by atoms with E-state index in [1.807, 2.05) is 13.8 Å². The smallest absolute Gasteiger partial charge is 0.191 e. The van der Waals surface area contributed by atoms with Crippen LogP contribution in [0.15, 0.2) is 4.99 Å². The maximum Gasteiger partial charge on any atom is 0.191 e. The maximum absolute atomic E-state index is 9.80. The van der Waals surface area contributed by atoms with Crippen LogP contribution in [-0.2, 0) is 9.47 Å². The molecule has 0 rings (SSSR count). The molecule has 6 nitrogen and oxygen atoms in total. The Morgan fingerprint density at radius 3 is 2.45 bits per heavy atom. The lowest BCUT2D eigenvalue weighted by atomic mass is 10.2. The van der Waals surface area contributed by atoms with Gasteiger partial charge in [0.15, 0.2) is 5.96 Å². The first kappa shape index (κ1) is 19.1. The van der Waals surface area contributed by atoms with Crippen molar-refractivity contribution in [3.05, 3.63) is 0 Å². The van der Waals surface area contributed by atoms with Gasteiger partial charge in [-0.25, -0.2) is 0 Å². The average Bonchev–Trinajstić information content (AvgIpc) is 2.36. The van der Waals surface area contributed by atoms with Crippen molar-refractivity contribution in [3.63, 3.8) is 0 Å². The summed E-state index contributed by atoms with van der Waals surface area (Å²) in [6.45, 7) is 10.8. The summed E-state index contributed by atoms with van der Waals surface area (Å²) in [4.78, 5) is 4.34. The van der Waals surface area contributed by atoms with Crippen LogP contribution in [0.4, 0.5) is 0 Å². The number of rotatable bonds is 10. The molecule has 0 heterocycles. The van der Waals surface area contributed by atoms with E-state index in [-0.39, 0.29) is 6.04 Å². The number of ether oxygens (including phenoxy) is 2. The fourth-order valence-electron chi connectivity index (χ4n) is 1.53. The first-order chi connectivity index (χ1) is 9.49. The molecule has 120 valence electrons. The van der Waals surface area contributed by atoms with Gasteiger partial charge in [-0.15, -0.1) is 0 Å². The number of nitrogens with one attached hydrogen (secondary N) is 2. The van der Waals surface area contributed by atoms with E-state index in [9.17, 15) is 5.11 Å². The quantitative estimate of drug-likeness (QED) is 0.406. The fraction of sp³-hybridized carbons (Fsp3) is 0.929. The standard InChI is InChI=1S/C14H31N3O3/c1-6-15-14(17-12(4)9-19-5)16-7-13(18)10-20-8-11(2)3/h11-13,18H,6-10H2,1-5H3,(H2,15,16,17). The van der Waals surface area contributed by atoms with Gasteiger partial charge in [0.05, 0.1) is 25.9 Å². The summed E-state index contributed by atoms with van der Waals surface area (Å²) in [6, 6.07) is 0.159. The van der Waals surface area contributed by atoms with Gasteiger partial charge in [-0.2, -0.15) is 0 Å². The largest absolute Gasteiger partial charge is 0.389 e. The first-order valence-corrected chi connectivity index (χ1v) is 7.29. The van der Waals surface area contributed by atoms with E-state index >= 15 is 0 Å². The molecule has 0 amide bonds. The van der Waals surface area contributed by atoms with Crippen molar-refractivity contribution in [1.29, 1.82) is 0 Å². The second kappa shape index (κ2) is 11.9. The zero-order chi connectivity index (χ0) is 15.4. The van der Waals surface area contributed by atoms with E-state index in [0.29, 0.717) is 38.2 Å². The van der Waals surface area contributed by atoms with Crippen LogP contribution < -0.4 is 10.6 Å². The summed E-state index contributed by atoms with van der Waals surface area (Å²) in [7, 11) is 1.66. The zero-order valence-corrected chi connectivity index (χ0v) is 13.5. The second-order valence-electron chi connectivity index (χ2n) is 5.31. The molecule has 0 radical (unpaired) electrons. The highest BCUT2D eigenvalue weighted by Gasteiger charge is 2.07. The van der Waals surface area contributed by atoms with Crippen LogP contribution in [0.2, 0.25) is 0 Å². The predicted molar refractivity (Wildman–Crippen MR) is 82.1 cm³/mol. The van der Waals surface area contributed by atoms with Gasteiger partial charge in [-0.1, -0.05) is 13.8 Å². The Balaban J connectivity index is 4.10. The normalized spacial score (nSPS) is 15.2. The van der Waals surface area contributed by atoms with Crippen LogP contribution in [0.3, 0.4) is 0 Å². The van der Waals surface area contributed by atoms with Gasteiger partial charge in [0.2, 0.25) is 0 Å². The van der Waals surface area contributed by atoms with Gasteiger partial charge in [0.25, 0.3) is 0 Å². The van der Waals surface area contributed by atoms with E-state index in [1.165, 1.54) is 0 Å². The minimum atomic E-state index is -0.582. The van der Waals surface area contributed by atoms with Crippen molar-refractivity contribution in [3.8, 4) is 0 Å². The Kier molecular flexibility index (Phi) is 11.4. The second-order valence-corrected chi connectivity index (χ2v) is 5.31. The number of methoxy groups -OCH3 is 1. The van der Waals surface area contributed by atoms with Crippen LogP contribution in [0, 0.1) is 5.92 Å². The third-order valence-corrected chi connectivity index (χ3v) is 2.37. The number of aliphatic hydroxyl groups excluding tert-OH is 1. The fourth-order valence-corrected chi connectivity index (χ4v) is 1.53. The van der Waals surface area contributed by atoms with Crippen molar-refractivity contribution < 1.29 is 14.6 Å². The molecule has 2 unspecified atom stereocenters. The molecule has 0 aromatic rings. The average molecular weight is 289 g/mol. The summed E-state index contributed by atoms with van der Waals surface area (Å²) in [5.41, 5.74) is 0. The van der Waals surface area contributed by atoms with Crippen molar-refractivity contribution >= 4 is 5.96 Å². The molecule has 2 atom stereocenters. The lowest BCUT2D eigenvalue weighted by Gasteiger charge is -2.17. The Morgan fingerprint density at radius 2 is 1.90 bits per heavy atom. The molecule has 0 aliphatic carbocycles. The number of guanidine groups is 1. The molecule has 0 bridgehead atoms. The SMILES string of the molecule is CCNC(=NCC(O)COCC(C)C)NC(C)COC. The molecular formula is C14H31N3O3. The van der Waals surface area contributed by atoms with Gasteiger partial charge in [-0.05, 0) is 19.8 Å². The number of hydrogen-bond acceptors (Lipinski definition) is 4. The number of nitrogens with zero attached hydrogens (tertiary/aromatic N) is 1. The third-order valence-electron chi connectivity index (χ3n) is 2.37. The lowest BCUT2D eigenvalue weighted by molar-refractivity contribution is 0.0301. The van der Waals surface area contributed by atoms with Gasteiger partial charge < -0.3 is 25.2 Å². The molecule has 0 fully saturated rings. The predicted octanol–water partition coefficient (Wildman–Crippen LogP) is 0.610. The highest BCUT2D eigenvalue weighted by atomic mass is 16.5. The highest BCUT2D eigenvalue weighted by molar-refractivity contribution is 5.80. The van der Waals surface area contributed by atoms with Crippen LogP contribution in [-0.4, -0.2) is 63.2 Å². The molecular weight excluding hydrogens is 258 g/mol. The summed E-state index contributed by atoms with van der Waals surface area (Å²) < 4.78 is 10.5. The van der Waals surface area contributed by atoms with E-state index in [2.05, 4.69) is 29.5 Å². The monoisotopic (exact) mass is 289 g/mol. The first-order valence-electron chi connectivity index (χ1n) is 7.29. The molecule has 6 heteroatoms. The minimum Gasteiger partial charge on any atom is -0.389 e. The summed E-state index contributed by atoms with van der Waals surface area (Å²) >= 11 is 0. The maximum atomic E-state index is 9.80. The Morgan fingerprint density at radius 1 is 1.20 bits per heavy atom. The van der Waals surface area contributed by atoms with Crippen LogP contribution in [0.5, 0.6) is 0 Å². The van der Waals surface area contributed by atoms with Gasteiger partial charge in [0.1, 0.15) is 0 Å². The Bertz CT molecular complexity index is 260. The van der Waals surface area contributed by atoms with Gasteiger partial charge in [0, 0.05) is 26.3 Å². The third kappa shape index (κ3) is 11.0. The molecule has 0 aromatic heterocycles. The molecule has 0 aromatic carbocycles. The molecule has 0 aliphatic rings. The van der Waals surface area contributed by atoms with Crippen molar-refractivity contribution in [1.82, 2.24) is 10.6 Å². The summed E-state index contributed by atoms with van der Waals surface area (Å²) in [5, 5.41) is 16.1. The summed E-state index contributed by atoms with van der Waals surface area (Å²) in [6.07, 6.45) is -0.582. The van der Waals surface area contributed by atoms with Crippen molar-refractivity contribution in [2.45, 2.75) is 39.8 Å². The van der Waals surface area contributed by atoms with E-state index < -0.39 is 6.10 Å². The van der Waals surface area contributed by atoms with E-state index in [4.69, 9.17) is 9.47 Å². The van der Waals surface area contributed by atoms with Crippen molar-refractivity contribution in [2.24, 2.45) is 10.9 Å². The van der Waals surface area contributed by atoms with Crippen molar-refractivity contribution in [2.75, 3.05) is 40.0 Å². The van der Waals surface area contributed by atoms with Gasteiger partial charge >= 0.3 is 0 Å². The zero-order valence-electron chi connectivity index (χ0n) is 13.5. The Labute approximate surface area is 122 Å². The van der Waals surface area contributed by atoms with E-state index in [1.54, 1.807) is 7.11 Å². The summed E-state index contributed by atoms with van der Waals surface area (Å²) in [5.74, 6) is 1.15. The molecule has 3 N–H and O–H groups in total. The van der Waals surface area contributed by atoms with Crippen LogP contribution in [0.25, 0.3) is 0 Å². The number of aliphatic hydroxyl groups is 1. The van der Waals surface area contributed by atoms with Gasteiger partial charge in [-0.3, -0.25) is 4.99 Å². The molecule has 0 spiro atoms. The molecule has 0 aliphatic heterocycles. The van der Waals surface area contributed by atoms with E-state index in [0.717, 1.165) is 6.54 Å². The Hall–Kier alpha value is -0.850. The minimum absolute atomic E-state index is 0.159. The number of aliphatic imine (C=N–C) groups is 1.